The zero-order valence-electron chi connectivity index (χ0n) is 12.3. The van der Waals surface area contributed by atoms with E-state index in [2.05, 4.69) is 36.6 Å². The number of nitrogens with one attached hydrogen (secondary N) is 2. The van der Waals surface area contributed by atoms with Crippen molar-refractivity contribution in [3.8, 4) is 0 Å². The second-order valence-corrected chi connectivity index (χ2v) is 5.66. The molecule has 0 saturated carbocycles. The molecule has 3 unspecified atom stereocenters. The van der Waals surface area contributed by atoms with Gasteiger partial charge in [0, 0.05) is 12.5 Å². The first-order chi connectivity index (χ1) is 9.16. The predicted octanol–water partition coefficient (Wildman–Crippen LogP) is 2.72. The number of halogens is 1. The molecule has 1 aliphatic heterocycles. The van der Waals surface area contributed by atoms with Gasteiger partial charge in [-0.3, -0.25) is 4.79 Å². The van der Waals surface area contributed by atoms with Crippen LogP contribution >= 0.6 is 12.4 Å². The number of hydrogen-bond donors (Lipinski definition) is 2. The molecule has 3 atom stereocenters. The second-order valence-electron chi connectivity index (χ2n) is 5.66. The summed E-state index contributed by atoms with van der Waals surface area (Å²) in [6, 6.07) is 10.6. The quantitative estimate of drug-likeness (QED) is 0.897. The highest BCUT2D eigenvalue weighted by atomic mass is 35.5. The van der Waals surface area contributed by atoms with Gasteiger partial charge in [0.25, 0.3) is 0 Å². The van der Waals surface area contributed by atoms with E-state index < -0.39 is 0 Å². The van der Waals surface area contributed by atoms with Crippen molar-refractivity contribution in [1.29, 1.82) is 0 Å². The van der Waals surface area contributed by atoms with E-state index in [0.717, 1.165) is 19.5 Å². The molecule has 0 radical (unpaired) electrons. The normalized spacial score (nSPS) is 23.5. The van der Waals surface area contributed by atoms with Gasteiger partial charge in [0.2, 0.25) is 5.91 Å². The van der Waals surface area contributed by atoms with Crippen LogP contribution < -0.4 is 10.6 Å². The van der Waals surface area contributed by atoms with Crippen LogP contribution in [0.3, 0.4) is 0 Å². The third-order valence-corrected chi connectivity index (χ3v) is 3.99. The first-order valence-electron chi connectivity index (χ1n) is 7.22. The molecule has 4 heteroatoms. The molecule has 1 fully saturated rings. The number of piperidine rings is 1. The van der Waals surface area contributed by atoms with E-state index in [1.807, 2.05) is 18.2 Å². The molecule has 1 amide bonds. The maximum absolute atomic E-state index is 12.1. The molecular weight excluding hydrogens is 272 g/mol. The molecule has 0 spiro atoms. The van der Waals surface area contributed by atoms with E-state index in [9.17, 15) is 4.79 Å². The summed E-state index contributed by atoms with van der Waals surface area (Å²) in [4.78, 5) is 12.1. The van der Waals surface area contributed by atoms with Crippen LogP contribution in [0.2, 0.25) is 0 Å². The Morgan fingerprint density at radius 2 is 2.10 bits per heavy atom. The van der Waals surface area contributed by atoms with Gasteiger partial charge in [0.05, 0.1) is 0 Å². The summed E-state index contributed by atoms with van der Waals surface area (Å²) in [5.41, 5.74) is 1.23. The predicted molar refractivity (Wildman–Crippen MR) is 85.3 cm³/mol. The van der Waals surface area contributed by atoms with Gasteiger partial charge < -0.3 is 10.6 Å². The molecule has 1 saturated heterocycles. The van der Waals surface area contributed by atoms with Gasteiger partial charge in [-0.1, -0.05) is 44.2 Å². The third kappa shape index (κ3) is 4.80. The monoisotopic (exact) mass is 296 g/mol. The smallest absolute Gasteiger partial charge is 0.220 e. The van der Waals surface area contributed by atoms with Crippen LogP contribution in [0, 0.1) is 5.92 Å². The van der Waals surface area contributed by atoms with Gasteiger partial charge in [-0.2, -0.15) is 0 Å². The molecule has 1 aromatic rings. The van der Waals surface area contributed by atoms with Crippen molar-refractivity contribution in [3.63, 3.8) is 0 Å². The van der Waals surface area contributed by atoms with Crippen LogP contribution in [0.25, 0.3) is 0 Å². The van der Waals surface area contributed by atoms with E-state index in [1.54, 1.807) is 0 Å². The fourth-order valence-corrected chi connectivity index (χ4v) is 2.67. The summed E-state index contributed by atoms with van der Waals surface area (Å²) in [5, 5.41) is 6.54. The van der Waals surface area contributed by atoms with Crippen molar-refractivity contribution in [1.82, 2.24) is 10.6 Å². The lowest BCUT2D eigenvalue weighted by Gasteiger charge is -2.30. The minimum absolute atomic E-state index is 0. The summed E-state index contributed by atoms with van der Waals surface area (Å²) in [5.74, 6) is 0.970. The highest BCUT2D eigenvalue weighted by Gasteiger charge is 2.23. The van der Waals surface area contributed by atoms with E-state index in [4.69, 9.17) is 0 Å². The van der Waals surface area contributed by atoms with Crippen LogP contribution in [0.4, 0.5) is 0 Å². The standard InChI is InChI=1S/C16H24N2O.ClH/c1-12(14-6-4-3-5-7-14)10-16(19)18-15-8-9-17-11-13(15)2;/h3-7,12-13,15,17H,8-11H2,1-2H3,(H,18,19);1H. The van der Waals surface area contributed by atoms with Crippen molar-refractivity contribution in [2.45, 2.75) is 38.6 Å². The third-order valence-electron chi connectivity index (χ3n) is 3.99. The van der Waals surface area contributed by atoms with Crippen molar-refractivity contribution in [2.24, 2.45) is 5.92 Å². The summed E-state index contributed by atoms with van der Waals surface area (Å²) in [7, 11) is 0. The molecule has 112 valence electrons. The average Bonchev–Trinajstić information content (AvgIpc) is 2.42. The topological polar surface area (TPSA) is 41.1 Å². The van der Waals surface area contributed by atoms with E-state index in [1.165, 1.54) is 5.56 Å². The number of amides is 1. The minimum atomic E-state index is 0. The van der Waals surface area contributed by atoms with Gasteiger partial charge in [-0.15, -0.1) is 12.4 Å². The average molecular weight is 297 g/mol. The SMILES string of the molecule is CC(CC(=O)NC1CCNCC1C)c1ccccc1.Cl. The van der Waals surface area contributed by atoms with Crippen molar-refractivity contribution < 1.29 is 4.79 Å². The summed E-state index contributed by atoms with van der Waals surface area (Å²) < 4.78 is 0. The van der Waals surface area contributed by atoms with Crippen LogP contribution in [-0.4, -0.2) is 25.0 Å². The van der Waals surface area contributed by atoms with Gasteiger partial charge in [0.15, 0.2) is 0 Å². The van der Waals surface area contributed by atoms with Crippen molar-refractivity contribution in [3.05, 3.63) is 35.9 Å². The molecule has 1 heterocycles. The zero-order chi connectivity index (χ0) is 13.7. The molecule has 2 rings (SSSR count). The van der Waals surface area contributed by atoms with Crippen LogP contribution in [0.1, 0.15) is 38.2 Å². The Morgan fingerprint density at radius 3 is 2.75 bits per heavy atom. The lowest BCUT2D eigenvalue weighted by atomic mass is 9.93. The maximum Gasteiger partial charge on any atom is 0.220 e. The summed E-state index contributed by atoms with van der Waals surface area (Å²) in [6.45, 7) is 6.31. The number of benzene rings is 1. The fourth-order valence-electron chi connectivity index (χ4n) is 2.67. The molecule has 2 N–H and O–H groups in total. The largest absolute Gasteiger partial charge is 0.353 e. The molecule has 0 bridgehead atoms. The molecular formula is C16H25ClN2O. The highest BCUT2D eigenvalue weighted by molar-refractivity contribution is 5.85. The Kier molecular flexibility index (Phi) is 7.03. The number of rotatable bonds is 4. The molecule has 3 nitrogen and oxygen atoms in total. The van der Waals surface area contributed by atoms with E-state index >= 15 is 0 Å². The fraction of sp³-hybridized carbons (Fsp3) is 0.562. The number of hydrogen-bond acceptors (Lipinski definition) is 2. The first-order valence-corrected chi connectivity index (χ1v) is 7.22. The Bertz CT molecular complexity index is 410. The van der Waals surface area contributed by atoms with Gasteiger partial charge in [0.1, 0.15) is 0 Å². The zero-order valence-corrected chi connectivity index (χ0v) is 13.1. The van der Waals surface area contributed by atoms with Gasteiger partial charge >= 0.3 is 0 Å². The van der Waals surface area contributed by atoms with Gasteiger partial charge in [-0.05, 0) is 36.9 Å². The van der Waals surface area contributed by atoms with Crippen molar-refractivity contribution in [2.75, 3.05) is 13.1 Å². The van der Waals surface area contributed by atoms with Crippen LogP contribution in [-0.2, 0) is 4.79 Å². The van der Waals surface area contributed by atoms with Gasteiger partial charge in [-0.25, -0.2) is 0 Å². The van der Waals surface area contributed by atoms with Crippen LogP contribution in [0.5, 0.6) is 0 Å². The molecule has 1 aromatic carbocycles. The number of carbonyl (C=O) groups is 1. The Balaban J connectivity index is 0.00000200. The Hall–Kier alpha value is -1.06. The summed E-state index contributed by atoms with van der Waals surface area (Å²) >= 11 is 0. The number of carbonyl (C=O) groups excluding carboxylic acids is 1. The van der Waals surface area contributed by atoms with Crippen LogP contribution in [0.15, 0.2) is 30.3 Å². The van der Waals surface area contributed by atoms with E-state index in [0.29, 0.717) is 18.4 Å². The lowest BCUT2D eigenvalue weighted by Crippen LogP contribution is -2.48. The Labute approximate surface area is 127 Å². The maximum atomic E-state index is 12.1. The first kappa shape index (κ1) is 17.0. The summed E-state index contributed by atoms with van der Waals surface area (Å²) in [6.07, 6.45) is 1.60. The molecule has 20 heavy (non-hydrogen) atoms. The van der Waals surface area contributed by atoms with E-state index in [-0.39, 0.29) is 24.2 Å². The Morgan fingerprint density at radius 1 is 1.40 bits per heavy atom. The molecule has 0 aliphatic carbocycles. The second kappa shape index (κ2) is 8.28. The highest BCUT2D eigenvalue weighted by Crippen LogP contribution is 2.19. The minimum Gasteiger partial charge on any atom is -0.353 e. The molecule has 1 aliphatic rings. The lowest BCUT2D eigenvalue weighted by molar-refractivity contribution is -0.122. The van der Waals surface area contributed by atoms with Crippen molar-refractivity contribution >= 4 is 18.3 Å². The molecule has 0 aromatic heterocycles.